The minimum absolute atomic E-state index is 0.00218. The second-order valence-corrected chi connectivity index (χ2v) is 10.2. The predicted octanol–water partition coefficient (Wildman–Crippen LogP) is 4.30. The van der Waals surface area contributed by atoms with Crippen LogP contribution in [0.25, 0.3) is 10.9 Å². The third kappa shape index (κ3) is 4.03. The maximum absolute atomic E-state index is 13.7. The van der Waals surface area contributed by atoms with Crippen molar-refractivity contribution >= 4 is 22.7 Å². The number of piperazine rings is 1. The molecule has 2 aromatic carbocycles. The number of methoxy groups -OCH3 is 1. The van der Waals surface area contributed by atoms with Gasteiger partial charge in [0.15, 0.2) is 11.5 Å². The summed E-state index contributed by atoms with van der Waals surface area (Å²) < 4.78 is 11.6. The van der Waals surface area contributed by atoms with Crippen LogP contribution in [0.3, 0.4) is 0 Å². The maximum Gasteiger partial charge on any atom is 0.246 e. The SMILES string of the molecule is COc1cc(C2c3[nH]c4ccccc4c3C[C@H]3C(=O)N(CC(C)C)CC(=O)N23)ccc1OC(C)C. The van der Waals surface area contributed by atoms with E-state index in [9.17, 15) is 9.59 Å². The number of para-hydroxylation sites is 1. The largest absolute Gasteiger partial charge is 0.493 e. The fraction of sp³-hybridized carbons (Fsp3) is 0.429. The van der Waals surface area contributed by atoms with Crippen molar-refractivity contribution in [1.29, 1.82) is 0 Å². The lowest BCUT2D eigenvalue weighted by atomic mass is 9.86. The number of benzene rings is 2. The van der Waals surface area contributed by atoms with Crippen molar-refractivity contribution in [3.05, 3.63) is 59.3 Å². The quantitative estimate of drug-likeness (QED) is 0.577. The molecule has 1 saturated heterocycles. The second kappa shape index (κ2) is 8.95. The fourth-order valence-corrected chi connectivity index (χ4v) is 5.47. The van der Waals surface area contributed by atoms with Crippen LogP contribution >= 0.6 is 0 Å². The lowest BCUT2D eigenvalue weighted by Gasteiger charge is -2.47. The van der Waals surface area contributed by atoms with Gasteiger partial charge in [-0.2, -0.15) is 0 Å². The van der Waals surface area contributed by atoms with E-state index in [1.165, 1.54) is 0 Å². The number of hydrogen-bond acceptors (Lipinski definition) is 4. The number of aromatic nitrogens is 1. The highest BCUT2D eigenvalue weighted by Gasteiger charge is 2.48. The zero-order valence-corrected chi connectivity index (χ0v) is 21.0. The monoisotopic (exact) mass is 475 g/mol. The van der Waals surface area contributed by atoms with Gasteiger partial charge in [-0.15, -0.1) is 0 Å². The van der Waals surface area contributed by atoms with E-state index in [1.54, 1.807) is 16.9 Å². The van der Waals surface area contributed by atoms with Gasteiger partial charge in [0, 0.05) is 29.6 Å². The van der Waals surface area contributed by atoms with Crippen LogP contribution in [-0.2, 0) is 16.0 Å². The molecular weight excluding hydrogens is 442 g/mol. The minimum Gasteiger partial charge on any atom is -0.493 e. The van der Waals surface area contributed by atoms with Crippen LogP contribution in [0.1, 0.15) is 50.6 Å². The van der Waals surface area contributed by atoms with Gasteiger partial charge in [0.05, 0.1) is 25.8 Å². The Morgan fingerprint density at radius 3 is 2.54 bits per heavy atom. The van der Waals surface area contributed by atoms with Crippen LogP contribution in [-0.4, -0.2) is 58.9 Å². The molecule has 7 heteroatoms. The average molecular weight is 476 g/mol. The molecule has 184 valence electrons. The Bertz CT molecular complexity index is 1280. The Hall–Kier alpha value is -3.48. The molecule has 2 atom stereocenters. The summed E-state index contributed by atoms with van der Waals surface area (Å²) in [5.74, 6) is 1.53. The number of nitrogens with one attached hydrogen (secondary N) is 1. The standard InChI is InChI=1S/C28H33N3O4/c1-16(2)14-30-15-25(32)31-22(28(30)33)13-20-19-8-6-7-9-21(19)29-26(20)27(31)18-10-11-23(35-17(3)4)24(12-18)34-5/h6-12,16-17,22,27,29H,13-15H2,1-5H3/t22-,27?/m0/s1. The Balaban J connectivity index is 1.66. The van der Waals surface area contributed by atoms with Crippen LogP contribution in [0.5, 0.6) is 11.5 Å². The fourth-order valence-electron chi connectivity index (χ4n) is 5.47. The number of amides is 2. The number of hydrogen-bond donors (Lipinski definition) is 1. The first-order chi connectivity index (χ1) is 16.8. The van der Waals surface area contributed by atoms with Gasteiger partial charge >= 0.3 is 0 Å². The number of ether oxygens (including phenoxy) is 2. The first kappa shape index (κ1) is 23.3. The number of carbonyl (C=O) groups excluding carboxylic acids is 2. The van der Waals surface area contributed by atoms with Crippen molar-refractivity contribution < 1.29 is 19.1 Å². The summed E-state index contributed by atoms with van der Waals surface area (Å²) in [6.45, 7) is 8.76. The molecule has 35 heavy (non-hydrogen) atoms. The van der Waals surface area contributed by atoms with E-state index in [0.717, 1.165) is 27.7 Å². The van der Waals surface area contributed by atoms with Crippen molar-refractivity contribution in [2.24, 2.45) is 5.92 Å². The van der Waals surface area contributed by atoms with Gasteiger partial charge in [-0.1, -0.05) is 38.1 Å². The number of aromatic amines is 1. The highest BCUT2D eigenvalue weighted by atomic mass is 16.5. The summed E-state index contributed by atoms with van der Waals surface area (Å²) in [7, 11) is 1.61. The summed E-state index contributed by atoms with van der Waals surface area (Å²) in [4.78, 5) is 34.3. The molecule has 3 aromatic rings. The van der Waals surface area contributed by atoms with Gasteiger partial charge in [-0.05, 0) is 49.1 Å². The lowest BCUT2D eigenvalue weighted by molar-refractivity contribution is -0.159. The van der Waals surface area contributed by atoms with Gasteiger partial charge in [0.25, 0.3) is 0 Å². The number of rotatable bonds is 6. The van der Waals surface area contributed by atoms with Gasteiger partial charge in [-0.3, -0.25) is 9.59 Å². The number of nitrogens with zero attached hydrogens (tertiary/aromatic N) is 2. The molecule has 0 saturated carbocycles. The van der Waals surface area contributed by atoms with E-state index in [2.05, 4.69) is 24.9 Å². The normalized spacial score (nSPS) is 20.0. The molecule has 0 spiro atoms. The molecule has 0 bridgehead atoms. The molecule has 3 heterocycles. The molecule has 2 amide bonds. The Kier molecular flexibility index (Phi) is 5.95. The summed E-state index contributed by atoms with van der Waals surface area (Å²) >= 11 is 0. The third-order valence-electron chi connectivity index (χ3n) is 6.79. The van der Waals surface area contributed by atoms with Gasteiger partial charge < -0.3 is 24.3 Å². The van der Waals surface area contributed by atoms with Crippen molar-refractivity contribution in [1.82, 2.24) is 14.8 Å². The summed E-state index contributed by atoms with van der Waals surface area (Å²) in [6, 6.07) is 13.0. The topological polar surface area (TPSA) is 74.9 Å². The molecule has 1 aromatic heterocycles. The first-order valence-corrected chi connectivity index (χ1v) is 12.3. The molecule has 1 N–H and O–H groups in total. The summed E-state index contributed by atoms with van der Waals surface area (Å²) in [5, 5.41) is 1.10. The molecule has 0 aliphatic carbocycles. The second-order valence-electron chi connectivity index (χ2n) is 10.2. The van der Waals surface area contributed by atoms with Crippen molar-refractivity contribution in [3.63, 3.8) is 0 Å². The first-order valence-electron chi connectivity index (χ1n) is 12.3. The summed E-state index contributed by atoms with van der Waals surface area (Å²) in [5.41, 5.74) is 3.95. The smallest absolute Gasteiger partial charge is 0.246 e. The van der Waals surface area contributed by atoms with E-state index in [0.29, 0.717) is 30.4 Å². The van der Waals surface area contributed by atoms with Gasteiger partial charge in [0.1, 0.15) is 6.04 Å². The Morgan fingerprint density at radius 1 is 1.06 bits per heavy atom. The molecule has 1 fully saturated rings. The number of fused-ring (bicyclic) bond motifs is 4. The third-order valence-corrected chi connectivity index (χ3v) is 6.79. The zero-order valence-electron chi connectivity index (χ0n) is 21.0. The highest BCUT2D eigenvalue weighted by molar-refractivity contribution is 5.97. The van der Waals surface area contributed by atoms with Crippen LogP contribution in [0.2, 0.25) is 0 Å². The van der Waals surface area contributed by atoms with Crippen molar-refractivity contribution in [2.45, 2.75) is 52.3 Å². The molecule has 2 aliphatic heterocycles. The van der Waals surface area contributed by atoms with E-state index >= 15 is 0 Å². The van der Waals surface area contributed by atoms with E-state index in [4.69, 9.17) is 9.47 Å². The molecule has 2 aliphatic rings. The van der Waals surface area contributed by atoms with Gasteiger partial charge in [0.2, 0.25) is 11.8 Å². The summed E-state index contributed by atoms with van der Waals surface area (Å²) in [6.07, 6.45) is 0.503. The Labute approximate surface area is 206 Å². The van der Waals surface area contributed by atoms with Crippen molar-refractivity contribution in [2.75, 3.05) is 20.2 Å². The lowest BCUT2D eigenvalue weighted by Crippen LogP contribution is -2.63. The van der Waals surface area contributed by atoms with E-state index in [-0.39, 0.29) is 24.5 Å². The zero-order chi connectivity index (χ0) is 24.9. The van der Waals surface area contributed by atoms with Gasteiger partial charge in [-0.25, -0.2) is 0 Å². The average Bonchev–Trinajstić information content (AvgIpc) is 3.19. The molecule has 1 unspecified atom stereocenters. The molecule has 7 nitrogen and oxygen atoms in total. The molecule has 5 rings (SSSR count). The number of H-pyrrole nitrogens is 1. The Morgan fingerprint density at radius 2 is 1.83 bits per heavy atom. The van der Waals surface area contributed by atoms with Crippen LogP contribution in [0, 0.1) is 5.92 Å². The van der Waals surface area contributed by atoms with Crippen molar-refractivity contribution in [3.8, 4) is 11.5 Å². The minimum atomic E-state index is -0.538. The van der Waals surface area contributed by atoms with E-state index in [1.807, 2.05) is 50.2 Å². The molecule has 0 radical (unpaired) electrons. The van der Waals surface area contributed by atoms with Crippen LogP contribution < -0.4 is 9.47 Å². The maximum atomic E-state index is 13.7. The van der Waals surface area contributed by atoms with Crippen LogP contribution in [0.4, 0.5) is 0 Å². The van der Waals surface area contributed by atoms with E-state index < -0.39 is 12.1 Å². The predicted molar refractivity (Wildman–Crippen MR) is 135 cm³/mol. The number of carbonyl (C=O) groups is 2. The molecular formula is C28H33N3O4. The van der Waals surface area contributed by atoms with Crippen LogP contribution in [0.15, 0.2) is 42.5 Å². The highest BCUT2D eigenvalue weighted by Crippen LogP contribution is 2.44.